The number of esters is 1. The van der Waals surface area contributed by atoms with E-state index in [0.29, 0.717) is 23.3 Å². The summed E-state index contributed by atoms with van der Waals surface area (Å²) in [5.41, 5.74) is 0.165. The lowest BCUT2D eigenvalue weighted by Gasteiger charge is -2.18. The zero-order valence-corrected chi connectivity index (χ0v) is 11.6. The van der Waals surface area contributed by atoms with Gasteiger partial charge in [0.25, 0.3) is 5.89 Å². The molecule has 1 aliphatic carbocycles. The predicted octanol–water partition coefficient (Wildman–Crippen LogP) is 2.29. The van der Waals surface area contributed by atoms with Crippen molar-refractivity contribution in [1.29, 1.82) is 0 Å². The van der Waals surface area contributed by atoms with E-state index in [9.17, 15) is 4.79 Å². The molecular formula is C13H16N4O3. The fourth-order valence-electron chi connectivity index (χ4n) is 1.72. The molecule has 2 aromatic heterocycles. The summed E-state index contributed by atoms with van der Waals surface area (Å²) in [4.78, 5) is 16.1. The number of hydrogen-bond donors (Lipinski definition) is 1. The highest BCUT2D eigenvalue weighted by molar-refractivity contribution is 5.88. The van der Waals surface area contributed by atoms with Crippen LogP contribution >= 0.6 is 0 Å². The van der Waals surface area contributed by atoms with Gasteiger partial charge in [0.2, 0.25) is 0 Å². The number of rotatable bonds is 3. The number of hydrogen-bond acceptors (Lipinski definition) is 6. The normalized spacial score (nSPS) is 15.3. The Kier molecular flexibility index (Phi) is 2.84. The molecule has 0 spiro atoms. The highest BCUT2D eigenvalue weighted by atomic mass is 16.6. The maximum atomic E-state index is 11.9. The number of carbonyl (C=O) groups is 1. The second-order valence-corrected chi connectivity index (χ2v) is 5.90. The van der Waals surface area contributed by atoms with E-state index in [1.54, 1.807) is 6.07 Å². The van der Waals surface area contributed by atoms with Crippen molar-refractivity contribution in [2.24, 2.45) is 0 Å². The molecule has 2 aromatic rings. The number of nitrogens with one attached hydrogen (secondary N) is 1. The summed E-state index contributed by atoms with van der Waals surface area (Å²) in [6, 6.07) is 1.55. The Hall–Kier alpha value is -2.18. The molecular weight excluding hydrogens is 260 g/mol. The van der Waals surface area contributed by atoms with Crippen molar-refractivity contribution in [3.05, 3.63) is 17.6 Å². The molecule has 0 aromatic carbocycles. The molecule has 3 rings (SSSR count). The van der Waals surface area contributed by atoms with E-state index < -0.39 is 11.6 Å². The van der Waals surface area contributed by atoms with Crippen LogP contribution < -0.4 is 0 Å². The Morgan fingerprint density at radius 2 is 2.20 bits per heavy atom. The van der Waals surface area contributed by atoms with Crippen molar-refractivity contribution in [2.45, 2.75) is 45.1 Å². The van der Waals surface area contributed by atoms with Crippen LogP contribution in [0.25, 0.3) is 11.6 Å². The second kappa shape index (κ2) is 4.43. The molecule has 0 saturated heterocycles. The van der Waals surface area contributed by atoms with Crippen molar-refractivity contribution in [3.63, 3.8) is 0 Å². The molecule has 0 unspecified atom stereocenters. The maximum Gasteiger partial charge on any atom is 0.356 e. The van der Waals surface area contributed by atoms with Crippen molar-refractivity contribution in [3.8, 4) is 11.6 Å². The molecule has 1 N–H and O–H groups in total. The van der Waals surface area contributed by atoms with E-state index in [0.717, 1.165) is 12.8 Å². The summed E-state index contributed by atoms with van der Waals surface area (Å²) in [5.74, 6) is 0.981. The molecule has 1 saturated carbocycles. The summed E-state index contributed by atoms with van der Waals surface area (Å²) >= 11 is 0. The molecule has 2 heterocycles. The van der Waals surface area contributed by atoms with Crippen LogP contribution in [0.4, 0.5) is 0 Å². The van der Waals surface area contributed by atoms with E-state index >= 15 is 0 Å². The van der Waals surface area contributed by atoms with Gasteiger partial charge < -0.3 is 9.26 Å². The first kappa shape index (κ1) is 12.8. The Morgan fingerprint density at radius 3 is 2.85 bits per heavy atom. The number of nitrogens with zero attached hydrogens (tertiary/aromatic N) is 3. The Balaban J connectivity index is 1.77. The fraction of sp³-hybridized carbons (Fsp3) is 0.538. The molecule has 1 aliphatic rings. The van der Waals surface area contributed by atoms with E-state index in [2.05, 4.69) is 20.3 Å². The monoisotopic (exact) mass is 276 g/mol. The van der Waals surface area contributed by atoms with Gasteiger partial charge in [-0.25, -0.2) is 4.79 Å². The first-order valence-electron chi connectivity index (χ1n) is 6.55. The molecule has 1 fully saturated rings. The van der Waals surface area contributed by atoms with Crippen molar-refractivity contribution >= 4 is 5.97 Å². The van der Waals surface area contributed by atoms with Gasteiger partial charge in [0.05, 0.1) is 0 Å². The molecule has 0 radical (unpaired) electrons. The Bertz CT molecular complexity index is 634. The molecule has 0 atom stereocenters. The van der Waals surface area contributed by atoms with Crippen LogP contribution in [0.3, 0.4) is 0 Å². The van der Waals surface area contributed by atoms with Crippen LogP contribution in [-0.4, -0.2) is 31.9 Å². The average molecular weight is 276 g/mol. The maximum absolute atomic E-state index is 11.9. The van der Waals surface area contributed by atoms with Gasteiger partial charge in [-0.05, 0) is 33.6 Å². The fourth-order valence-corrected chi connectivity index (χ4v) is 1.72. The van der Waals surface area contributed by atoms with Gasteiger partial charge in [-0.2, -0.15) is 10.1 Å². The quantitative estimate of drug-likeness (QED) is 0.864. The van der Waals surface area contributed by atoms with Gasteiger partial charge in [0, 0.05) is 12.0 Å². The van der Waals surface area contributed by atoms with Crippen LogP contribution in [0.1, 0.15) is 55.8 Å². The standard InChI is InChI=1S/C13H16N4O3/c1-13(2,3)19-12(18)9-6-8(15-16-9)11-14-10(17-20-11)7-4-5-7/h6-7H,4-5H2,1-3H3,(H,15,16). The van der Waals surface area contributed by atoms with Crippen LogP contribution in [0.5, 0.6) is 0 Å². The smallest absolute Gasteiger partial charge is 0.356 e. The zero-order chi connectivity index (χ0) is 14.3. The largest absolute Gasteiger partial charge is 0.455 e. The lowest BCUT2D eigenvalue weighted by Crippen LogP contribution is -2.24. The van der Waals surface area contributed by atoms with Gasteiger partial charge in [-0.15, -0.1) is 0 Å². The van der Waals surface area contributed by atoms with Crippen LogP contribution in [-0.2, 0) is 4.74 Å². The number of aromatic nitrogens is 4. The molecule has 7 nitrogen and oxygen atoms in total. The Morgan fingerprint density at radius 1 is 1.45 bits per heavy atom. The number of H-pyrrole nitrogens is 1. The lowest BCUT2D eigenvalue weighted by atomic mass is 10.2. The third kappa shape index (κ3) is 2.71. The highest BCUT2D eigenvalue weighted by Crippen LogP contribution is 2.38. The third-order valence-electron chi connectivity index (χ3n) is 2.80. The first-order chi connectivity index (χ1) is 9.42. The van der Waals surface area contributed by atoms with Crippen LogP contribution in [0, 0.1) is 0 Å². The molecule has 0 bridgehead atoms. The van der Waals surface area contributed by atoms with Crippen molar-refractivity contribution in [2.75, 3.05) is 0 Å². The van der Waals surface area contributed by atoms with E-state index in [1.807, 2.05) is 20.8 Å². The van der Waals surface area contributed by atoms with Crippen molar-refractivity contribution in [1.82, 2.24) is 20.3 Å². The molecule has 20 heavy (non-hydrogen) atoms. The number of aromatic amines is 1. The lowest BCUT2D eigenvalue weighted by molar-refractivity contribution is 0.00628. The SMILES string of the molecule is CC(C)(C)OC(=O)c1cc(-c2nc(C3CC3)no2)n[nH]1. The van der Waals surface area contributed by atoms with Gasteiger partial charge >= 0.3 is 5.97 Å². The topological polar surface area (TPSA) is 93.9 Å². The average Bonchev–Trinajstić information content (AvgIpc) is 2.91. The molecule has 0 amide bonds. The summed E-state index contributed by atoms with van der Waals surface area (Å²) in [6.45, 7) is 5.42. The van der Waals surface area contributed by atoms with Gasteiger partial charge in [-0.3, -0.25) is 5.10 Å². The summed E-state index contributed by atoms with van der Waals surface area (Å²) in [7, 11) is 0. The summed E-state index contributed by atoms with van der Waals surface area (Å²) in [5, 5.41) is 10.5. The van der Waals surface area contributed by atoms with Crippen molar-refractivity contribution < 1.29 is 14.1 Å². The van der Waals surface area contributed by atoms with Gasteiger partial charge in [-0.1, -0.05) is 5.16 Å². The summed E-state index contributed by atoms with van der Waals surface area (Å²) in [6.07, 6.45) is 2.20. The van der Waals surface area contributed by atoms with E-state index in [1.165, 1.54) is 0 Å². The van der Waals surface area contributed by atoms with E-state index in [-0.39, 0.29) is 5.69 Å². The minimum absolute atomic E-state index is 0.265. The van der Waals surface area contributed by atoms with Crippen LogP contribution in [0.2, 0.25) is 0 Å². The molecule has 106 valence electrons. The summed E-state index contributed by atoms with van der Waals surface area (Å²) < 4.78 is 10.4. The van der Waals surface area contributed by atoms with Gasteiger partial charge in [0.1, 0.15) is 11.3 Å². The van der Waals surface area contributed by atoms with Gasteiger partial charge in [0.15, 0.2) is 11.5 Å². The highest BCUT2D eigenvalue weighted by Gasteiger charge is 2.29. The number of carbonyl (C=O) groups excluding carboxylic acids is 1. The molecule has 0 aliphatic heterocycles. The number of ether oxygens (including phenoxy) is 1. The zero-order valence-electron chi connectivity index (χ0n) is 11.6. The van der Waals surface area contributed by atoms with E-state index in [4.69, 9.17) is 9.26 Å². The first-order valence-corrected chi connectivity index (χ1v) is 6.55. The second-order valence-electron chi connectivity index (χ2n) is 5.90. The van der Waals surface area contributed by atoms with Crippen LogP contribution in [0.15, 0.2) is 10.6 Å². The third-order valence-corrected chi connectivity index (χ3v) is 2.80. The molecule has 7 heteroatoms. The Labute approximate surface area is 115 Å². The predicted molar refractivity (Wildman–Crippen MR) is 69.0 cm³/mol. The minimum atomic E-state index is -0.550. The minimum Gasteiger partial charge on any atom is -0.455 e.